The van der Waals surface area contributed by atoms with Crippen LogP contribution in [0.3, 0.4) is 0 Å². The Labute approximate surface area is 171 Å². The summed E-state index contributed by atoms with van der Waals surface area (Å²) in [6.07, 6.45) is 2.21. The maximum absolute atomic E-state index is 12.8. The third kappa shape index (κ3) is 6.61. The minimum Gasteiger partial charge on any atom is -0.356 e. The molecule has 9 heteroatoms. The van der Waals surface area contributed by atoms with Gasteiger partial charge < -0.3 is 10.2 Å². The number of sulfonamides is 1. The van der Waals surface area contributed by atoms with E-state index < -0.39 is 10.0 Å². The summed E-state index contributed by atoms with van der Waals surface area (Å²) in [6.45, 7) is 2.10. The highest BCUT2D eigenvalue weighted by Crippen LogP contribution is 2.28. The molecule has 152 valence electrons. The van der Waals surface area contributed by atoms with Gasteiger partial charge in [0.1, 0.15) is 0 Å². The van der Waals surface area contributed by atoms with E-state index in [1.54, 1.807) is 18.2 Å². The van der Waals surface area contributed by atoms with Gasteiger partial charge in [-0.1, -0.05) is 29.3 Å². The second-order valence-electron chi connectivity index (χ2n) is 7.10. The average Bonchev–Trinajstić information content (AvgIpc) is 2.62. The Hall–Kier alpha value is -0.860. The molecule has 1 atom stereocenters. The number of hydrogen-bond donors (Lipinski definition) is 1. The van der Waals surface area contributed by atoms with Gasteiger partial charge in [0.25, 0.3) is 0 Å². The lowest BCUT2D eigenvalue weighted by Crippen LogP contribution is -2.46. The van der Waals surface area contributed by atoms with Crippen molar-refractivity contribution in [3.05, 3.63) is 33.8 Å². The van der Waals surface area contributed by atoms with E-state index in [0.29, 0.717) is 41.5 Å². The number of benzene rings is 1. The topological polar surface area (TPSA) is 69.7 Å². The number of rotatable bonds is 8. The number of nitrogens with zero attached hydrogens (tertiary/aromatic N) is 2. The van der Waals surface area contributed by atoms with Gasteiger partial charge >= 0.3 is 0 Å². The second kappa shape index (κ2) is 10.1. The lowest BCUT2D eigenvalue weighted by Gasteiger charge is -2.31. The van der Waals surface area contributed by atoms with Gasteiger partial charge in [-0.15, -0.1) is 0 Å². The molecule has 0 saturated carbocycles. The van der Waals surface area contributed by atoms with Crippen LogP contribution in [-0.4, -0.2) is 63.8 Å². The molecule has 6 nitrogen and oxygen atoms in total. The van der Waals surface area contributed by atoms with Crippen molar-refractivity contribution in [2.45, 2.75) is 25.0 Å². The molecular formula is C18H27Cl2N3O3S. The van der Waals surface area contributed by atoms with E-state index in [1.807, 2.05) is 14.1 Å². The molecule has 0 radical (unpaired) electrons. The van der Waals surface area contributed by atoms with E-state index in [1.165, 1.54) is 4.31 Å². The van der Waals surface area contributed by atoms with Gasteiger partial charge in [0, 0.05) is 35.2 Å². The zero-order chi connectivity index (χ0) is 20.0. The van der Waals surface area contributed by atoms with Gasteiger partial charge in [-0.3, -0.25) is 4.79 Å². The summed E-state index contributed by atoms with van der Waals surface area (Å²) < 4.78 is 27.1. The van der Waals surface area contributed by atoms with Crippen LogP contribution in [0, 0.1) is 5.92 Å². The van der Waals surface area contributed by atoms with Crippen molar-refractivity contribution in [1.29, 1.82) is 0 Å². The molecule has 0 aromatic heterocycles. The lowest BCUT2D eigenvalue weighted by molar-refractivity contribution is -0.126. The smallest absolute Gasteiger partial charge is 0.224 e. The van der Waals surface area contributed by atoms with Crippen LogP contribution < -0.4 is 5.32 Å². The van der Waals surface area contributed by atoms with Gasteiger partial charge in [-0.05, 0) is 52.0 Å². The number of carbonyl (C=O) groups is 1. The maximum atomic E-state index is 12.8. The molecular weight excluding hydrogens is 409 g/mol. The molecule has 1 unspecified atom stereocenters. The van der Waals surface area contributed by atoms with Gasteiger partial charge in [0.15, 0.2) is 0 Å². The molecule has 0 spiro atoms. The predicted molar refractivity (Wildman–Crippen MR) is 110 cm³/mol. The van der Waals surface area contributed by atoms with E-state index in [9.17, 15) is 13.2 Å². The quantitative estimate of drug-likeness (QED) is 0.637. The van der Waals surface area contributed by atoms with Crippen molar-refractivity contribution >= 4 is 39.1 Å². The van der Waals surface area contributed by atoms with Gasteiger partial charge in [0.2, 0.25) is 15.9 Å². The Kier molecular flexibility index (Phi) is 8.37. The Morgan fingerprint density at radius 1 is 1.30 bits per heavy atom. The van der Waals surface area contributed by atoms with Crippen LogP contribution >= 0.6 is 23.2 Å². The first kappa shape index (κ1) is 22.4. The maximum Gasteiger partial charge on any atom is 0.224 e. The lowest BCUT2D eigenvalue weighted by atomic mass is 9.99. The highest BCUT2D eigenvalue weighted by molar-refractivity contribution is 7.88. The number of halogens is 2. The first-order valence-electron chi connectivity index (χ1n) is 9.04. The van der Waals surface area contributed by atoms with Crippen molar-refractivity contribution in [3.63, 3.8) is 0 Å². The molecule has 1 amide bonds. The molecule has 1 aliphatic heterocycles. The summed E-state index contributed by atoms with van der Waals surface area (Å²) in [4.78, 5) is 14.4. The summed E-state index contributed by atoms with van der Waals surface area (Å²) in [7, 11) is 0.360. The Bertz CT molecular complexity index is 736. The van der Waals surface area contributed by atoms with Crippen molar-refractivity contribution in [1.82, 2.24) is 14.5 Å². The van der Waals surface area contributed by atoms with Gasteiger partial charge in [0.05, 0.1) is 11.7 Å². The highest BCUT2D eigenvalue weighted by Gasteiger charge is 2.33. The molecule has 1 fully saturated rings. The summed E-state index contributed by atoms with van der Waals surface area (Å²) in [6, 6.07) is 4.93. The van der Waals surface area contributed by atoms with Gasteiger partial charge in [-0.2, -0.15) is 0 Å². The van der Waals surface area contributed by atoms with Crippen molar-refractivity contribution in [2.24, 2.45) is 5.92 Å². The molecule has 1 aliphatic rings. The predicted octanol–water partition coefficient (Wildman–Crippen LogP) is 2.60. The second-order valence-corrected chi connectivity index (χ2v) is 9.88. The summed E-state index contributed by atoms with van der Waals surface area (Å²) >= 11 is 12.2. The number of piperidine rings is 1. The Balaban J connectivity index is 1.97. The fourth-order valence-electron chi connectivity index (χ4n) is 3.10. The summed E-state index contributed by atoms with van der Waals surface area (Å²) in [5, 5.41) is 3.58. The highest BCUT2D eigenvalue weighted by atomic mass is 35.5. The largest absolute Gasteiger partial charge is 0.356 e. The van der Waals surface area contributed by atoms with Crippen LogP contribution in [0.15, 0.2) is 18.2 Å². The Morgan fingerprint density at radius 2 is 1.96 bits per heavy atom. The average molecular weight is 436 g/mol. The molecule has 27 heavy (non-hydrogen) atoms. The van der Waals surface area contributed by atoms with Crippen LogP contribution in [-0.2, 0) is 20.6 Å². The van der Waals surface area contributed by atoms with Crippen LogP contribution in [0.1, 0.15) is 24.8 Å². The number of carbonyl (C=O) groups excluding carboxylic acids is 1. The molecule has 2 rings (SSSR count). The van der Waals surface area contributed by atoms with E-state index in [0.717, 1.165) is 13.0 Å². The molecule has 1 heterocycles. The molecule has 1 aromatic rings. The fourth-order valence-corrected chi connectivity index (χ4v) is 5.47. The molecule has 1 aromatic carbocycles. The van der Waals surface area contributed by atoms with Gasteiger partial charge in [-0.25, -0.2) is 12.7 Å². The van der Waals surface area contributed by atoms with Crippen LogP contribution in [0.2, 0.25) is 10.0 Å². The normalized spacial score (nSPS) is 18.6. The van der Waals surface area contributed by atoms with Crippen LogP contribution in [0.25, 0.3) is 0 Å². The minimum absolute atomic E-state index is 0.0792. The summed E-state index contributed by atoms with van der Waals surface area (Å²) in [5.74, 6) is -0.665. The third-order valence-corrected chi connectivity index (χ3v) is 7.10. The number of hydrogen-bond acceptors (Lipinski definition) is 4. The number of amides is 1. The van der Waals surface area contributed by atoms with E-state index in [4.69, 9.17) is 23.2 Å². The minimum atomic E-state index is -3.61. The zero-order valence-electron chi connectivity index (χ0n) is 15.7. The third-order valence-electron chi connectivity index (χ3n) is 4.62. The summed E-state index contributed by atoms with van der Waals surface area (Å²) in [5.41, 5.74) is 0.399. The van der Waals surface area contributed by atoms with E-state index in [-0.39, 0.29) is 24.1 Å². The monoisotopic (exact) mass is 435 g/mol. The van der Waals surface area contributed by atoms with Crippen molar-refractivity contribution in [2.75, 3.05) is 40.3 Å². The van der Waals surface area contributed by atoms with Crippen LogP contribution in [0.4, 0.5) is 0 Å². The first-order valence-corrected chi connectivity index (χ1v) is 11.4. The zero-order valence-corrected chi connectivity index (χ0v) is 18.1. The van der Waals surface area contributed by atoms with Crippen molar-refractivity contribution < 1.29 is 13.2 Å². The molecule has 0 bridgehead atoms. The Morgan fingerprint density at radius 3 is 2.59 bits per heavy atom. The first-order chi connectivity index (χ1) is 12.7. The molecule has 1 N–H and O–H groups in total. The standard InChI is InChI=1S/C18H27Cl2N3O3S/c1-22(2)10-5-9-21-18(24)14-6-4-11-23(12-14)27(25,26)13-15-16(19)7-3-8-17(15)20/h3,7-8,14H,4-6,9-13H2,1-2H3,(H,21,24). The molecule has 0 aliphatic carbocycles. The SMILES string of the molecule is CN(C)CCCNC(=O)C1CCCN(S(=O)(=O)Cc2c(Cl)cccc2Cl)C1. The fraction of sp³-hybridized carbons (Fsp3) is 0.611. The van der Waals surface area contributed by atoms with E-state index in [2.05, 4.69) is 10.2 Å². The number of nitrogens with one attached hydrogen (secondary N) is 1. The van der Waals surface area contributed by atoms with Crippen LogP contribution in [0.5, 0.6) is 0 Å². The molecule has 1 saturated heterocycles. The van der Waals surface area contributed by atoms with Crippen molar-refractivity contribution in [3.8, 4) is 0 Å². The van der Waals surface area contributed by atoms with E-state index >= 15 is 0 Å².